The van der Waals surface area contributed by atoms with Gasteiger partial charge < -0.3 is 4.74 Å². The Hall–Kier alpha value is -1.64. The minimum absolute atomic E-state index is 0.0327. The topological polar surface area (TPSA) is 9.23 Å². The molecule has 1 nitrogen and oxygen atoms in total. The largest absolute Gasteiger partial charge is 0.490 e. The van der Waals surface area contributed by atoms with E-state index in [0.29, 0.717) is 18.1 Å². The van der Waals surface area contributed by atoms with Gasteiger partial charge in [-0.15, -0.1) is 0 Å². The number of unbranched alkanes of at least 4 members (excludes halogenated alkanes) is 2. The average Bonchev–Trinajstić information content (AvgIpc) is 2.80. The number of ether oxygens (including phenoxy) is 1. The highest BCUT2D eigenvalue weighted by Gasteiger charge is 2.29. The molecule has 0 heterocycles. The minimum atomic E-state index is -0.845. The Morgan fingerprint density at radius 3 is 2.42 bits per heavy atom. The van der Waals surface area contributed by atoms with Crippen LogP contribution in [0.4, 0.5) is 8.78 Å². The van der Waals surface area contributed by atoms with Gasteiger partial charge in [0, 0.05) is 5.56 Å². The number of halogens is 2. The molecular formula is C28H40F2O. The molecule has 31 heavy (non-hydrogen) atoms. The van der Waals surface area contributed by atoms with Crippen molar-refractivity contribution in [3.05, 3.63) is 47.6 Å². The van der Waals surface area contributed by atoms with Gasteiger partial charge in [-0.3, -0.25) is 0 Å². The number of hydrogen-bond donors (Lipinski definition) is 0. The van der Waals surface area contributed by atoms with Crippen LogP contribution in [0.15, 0.2) is 30.4 Å². The summed E-state index contributed by atoms with van der Waals surface area (Å²) >= 11 is 0. The first kappa shape index (κ1) is 24.0. The Morgan fingerprint density at radius 2 is 1.74 bits per heavy atom. The van der Waals surface area contributed by atoms with Crippen molar-refractivity contribution in [2.75, 3.05) is 6.61 Å². The van der Waals surface area contributed by atoms with Gasteiger partial charge in [-0.1, -0.05) is 44.9 Å². The summed E-state index contributed by atoms with van der Waals surface area (Å²) in [4.78, 5) is 0. The molecule has 0 aliphatic heterocycles. The lowest BCUT2D eigenvalue weighted by molar-refractivity contribution is 0.195. The maximum absolute atomic E-state index is 14.7. The van der Waals surface area contributed by atoms with Crippen LogP contribution in [0.1, 0.15) is 96.5 Å². The molecule has 0 bridgehead atoms. The lowest BCUT2D eigenvalue weighted by Crippen LogP contribution is -2.23. The van der Waals surface area contributed by atoms with Crippen molar-refractivity contribution in [3.63, 3.8) is 0 Å². The Labute approximate surface area is 188 Å². The molecule has 0 amide bonds. The molecule has 172 valence electrons. The first-order chi connectivity index (χ1) is 15.1. The van der Waals surface area contributed by atoms with Crippen molar-refractivity contribution in [2.45, 2.75) is 90.9 Å². The van der Waals surface area contributed by atoms with Crippen molar-refractivity contribution in [1.29, 1.82) is 0 Å². The van der Waals surface area contributed by atoms with Crippen LogP contribution in [-0.2, 0) is 0 Å². The van der Waals surface area contributed by atoms with Gasteiger partial charge in [-0.25, -0.2) is 4.39 Å². The summed E-state index contributed by atoms with van der Waals surface area (Å²) < 4.78 is 34.6. The summed E-state index contributed by atoms with van der Waals surface area (Å²) in [5.41, 5.74) is 1.38. The predicted molar refractivity (Wildman–Crippen MR) is 126 cm³/mol. The van der Waals surface area contributed by atoms with E-state index in [9.17, 15) is 8.78 Å². The number of benzene rings is 1. The highest BCUT2D eigenvalue weighted by Crippen LogP contribution is 2.42. The summed E-state index contributed by atoms with van der Waals surface area (Å²) in [7, 11) is 0. The predicted octanol–water partition coefficient (Wildman–Crippen LogP) is 8.88. The van der Waals surface area contributed by atoms with Crippen LogP contribution in [0.3, 0.4) is 0 Å². The molecule has 0 N–H and O–H groups in total. The lowest BCUT2D eigenvalue weighted by atomic mass is 9.70. The summed E-state index contributed by atoms with van der Waals surface area (Å²) in [6.07, 6.45) is 20.6. The van der Waals surface area contributed by atoms with Crippen LogP contribution in [-0.4, -0.2) is 6.61 Å². The highest BCUT2D eigenvalue weighted by molar-refractivity contribution is 5.67. The van der Waals surface area contributed by atoms with E-state index >= 15 is 0 Å². The molecule has 3 heteroatoms. The fraction of sp³-hybridized carbons (Fsp3) is 0.643. The third-order valence-electron chi connectivity index (χ3n) is 7.25. The van der Waals surface area contributed by atoms with E-state index in [2.05, 4.69) is 25.2 Å². The van der Waals surface area contributed by atoms with E-state index in [4.69, 9.17) is 4.74 Å². The van der Waals surface area contributed by atoms with E-state index in [-0.39, 0.29) is 5.75 Å². The zero-order chi connectivity index (χ0) is 22.1. The van der Waals surface area contributed by atoms with Gasteiger partial charge in [0.05, 0.1) is 6.61 Å². The first-order valence-electron chi connectivity index (χ1n) is 12.6. The van der Waals surface area contributed by atoms with E-state index < -0.39 is 11.6 Å². The smallest absolute Gasteiger partial charge is 0.201 e. The maximum atomic E-state index is 14.7. The van der Waals surface area contributed by atoms with Crippen molar-refractivity contribution in [2.24, 2.45) is 17.8 Å². The zero-order valence-electron chi connectivity index (χ0n) is 19.5. The Kier molecular flexibility index (Phi) is 9.61. The maximum Gasteiger partial charge on any atom is 0.201 e. The van der Waals surface area contributed by atoms with Gasteiger partial charge in [0.15, 0.2) is 11.6 Å². The molecule has 1 atom stereocenters. The third-order valence-corrected chi connectivity index (χ3v) is 7.25. The Morgan fingerprint density at radius 1 is 0.935 bits per heavy atom. The molecular weight excluding hydrogens is 390 g/mol. The summed E-state index contributed by atoms with van der Waals surface area (Å²) in [5.74, 6) is 0.784. The van der Waals surface area contributed by atoms with Crippen LogP contribution in [0.5, 0.6) is 5.75 Å². The standard InChI is InChI=1S/C28H40F2O/c1-3-5-7-8-9-21-10-12-22(13-11-21)23-14-16-24(17-15-23)25-18-19-26(28(30)27(25)29)31-20-6-4-2/h7-8,16,18-19,21-23H,3-6,9-15,17,20H2,1-2H3. The van der Waals surface area contributed by atoms with Gasteiger partial charge in [-0.05, 0) is 99.7 Å². The number of hydrogen-bond acceptors (Lipinski definition) is 1. The van der Waals surface area contributed by atoms with Gasteiger partial charge in [0.25, 0.3) is 0 Å². The monoisotopic (exact) mass is 430 g/mol. The molecule has 0 aromatic heterocycles. The zero-order valence-corrected chi connectivity index (χ0v) is 19.5. The minimum Gasteiger partial charge on any atom is -0.490 e. The van der Waals surface area contributed by atoms with Crippen LogP contribution in [0.25, 0.3) is 5.57 Å². The van der Waals surface area contributed by atoms with E-state index in [1.807, 2.05) is 6.92 Å². The normalized spacial score (nSPS) is 24.4. The van der Waals surface area contributed by atoms with Gasteiger partial charge in [-0.2, -0.15) is 4.39 Å². The van der Waals surface area contributed by atoms with Crippen LogP contribution in [0.2, 0.25) is 0 Å². The number of rotatable bonds is 10. The van der Waals surface area contributed by atoms with Crippen LogP contribution >= 0.6 is 0 Å². The van der Waals surface area contributed by atoms with E-state index in [1.165, 1.54) is 44.9 Å². The van der Waals surface area contributed by atoms with Crippen molar-refractivity contribution in [1.82, 2.24) is 0 Å². The fourth-order valence-corrected chi connectivity index (χ4v) is 5.21. The lowest BCUT2D eigenvalue weighted by Gasteiger charge is -2.35. The highest BCUT2D eigenvalue weighted by atomic mass is 19.2. The quantitative estimate of drug-likeness (QED) is 0.266. The van der Waals surface area contributed by atoms with Gasteiger partial charge in [0.2, 0.25) is 5.82 Å². The molecule has 1 fully saturated rings. The second kappa shape index (κ2) is 12.4. The van der Waals surface area contributed by atoms with Gasteiger partial charge >= 0.3 is 0 Å². The second-order valence-corrected chi connectivity index (χ2v) is 9.48. The fourth-order valence-electron chi connectivity index (χ4n) is 5.21. The molecule has 2 aliphatic rings. The molecule has 3 rings (SSSR count). The number of allylic oxidation sites excluding steroid dienone is 4. The Bertz CT molecular complexity index is 744. The van der Waals surface area contributed by atoms with Crippen molar-refractivity contribution in [3.8, 4) is 5.75 Å². The van der Waals surface area contributed by atoms with Crippen LogP contribution in [0, 0.1) is 29.4 Å². The molecule has 1 unspecified atom stereocenters. The SMILES string of the molecule is CCCC=CCC1CCC(C2CC=C(c3ccc(OCCCC)c(F)c3F)CC2)CC1. The van der Waals surface area contributed by atoms with Gasteiger partial charge in [0.1, 0.15) is 0 Å². The molecule has 0 radical (unpaired) electrons. The third kappa shape index (κ3) is 6.67. The molecule has 2 aliphatic carbocycles. The van der Waals surface area contributed by atoms with Crippen molar-refractivity contribution >= 4 is 5.57 Å². The molecule has 1 saturated carbocycles. The first-order valence-corrected chi connectivity index (χ1v) is 12.6. The molecule has 1 aromatic rings. The molecule has 0 spiro atoms. The molecule has 0 saturated heterocycles. The summed E-state index contributed by atoms with van der Waals surface area (Å²) in [6, 6.07) is 3.29. The Balaban J connectivity index is 1.52. The summed E-state index contributed by atoms with van der Waals surface area (Å²) in [6.45, 7) is 4.69. The molecule has 1 aromatic carbocycles. The van der Waals surface area contributed by atoms with E-state index in [1.54, 1.807) is 12.1 Å². The summed E-state index contributed by atoms with van der Waals surface area (Å²) in [5, 5.41) is 0. The average molecular weight is 431 g/mol. The van der Waals surface area contributed by atoms with Crippen molar-refractivity contribution < 1.29 is 13.5 Å². The van der Waals surface area contributed by atoms with E-state index in [0.717, 1.165) is 49.5 Å². The second-order valence-electron chi connectivity index (χ2n) is 9.48. The van der Waals surface area contributed by atoms with Crippen LogP contribution < -0.4 is 4.74 Å².